The summed E-state index contributed by atoms with van der Waals surface area (Å²) in [5, 5.41) is 9.97. The molecule has 4 heteroatoms. The minimum Gasteiger partial charge on any atom is -0.382 e. The molecule has 1 aromatic carbocycles. The lowest BCUT2D eigenvalue weighted by molar-refractivity contribution is 0.215. The van der Waals surface area contributed by atoms with Crippen LogP contribution in [0.25, 0.3) is 0 Å². The zero-order chi connectivity index (χ0) is 9.97. The van der Waals surface area contributed by atoms with E-state index in [2.05, 4.69) is 8.75 Å². The molecule has 0 saturated carbocycles. The number of aryl methyl sites for hydroxylation is 1. The zero-order valence-corrected chi connectivity index (χ0v) is 8.53. The van der Waals surface area contributed by atoms with Gasteiger partial charge in [0.25, 0.3) is 0 Å². The van der Waals surface area contributed by atoms with Crippen molar-refractivity contribution in [2.24, 2.45) is 0 Å². The minimum absolute atomic E-state index is 0.615. The van der Waals surface area contributed by atoms with Gasteiger partial charge in [-0.2, -0.15) is 8.75 Å². The van der Waals surface area contributed by atoms with Gasteiger partial charge in [0.1, 0.15) is 11.8 Å². The molecule has 2 aromatic rings. The van der Waals surface area contributed by atoms with Crippen LogP contribution in [0.4, 0.5) is 0 Å². The highest BCUT2D eigenvalue weighted by molar-refractivity contribution is 6.99. The van der Waals surface area contributed by atoms with Gasteiger partial charge >= 0.3 is 0 Å². The molecule has 0 bridgehead atoms. The van der Waals surface area contributed by atoms with E-state index < -0.39 is 6.10 Å². The highest BCUT2D eigenvalue weighted by Gasteiger charge is 2.14. The Labute approximate surface area is 86.4 Å². The van der Waals surface area contributed by atoms with E-state index in [-0.39, 0.29) is 0 Å². The van der Waals surface area contributed by atoms with E-state index in [1.54, 1.807) is 6.20 Å². The summed E-state index contributed by atoms with van der Waals surface area (Å²) in [6.45, 7) is 1.97. The van der Waals surface area contributed by atoms with Crippen molar-refractivity contribution in [2.45, 2.75) is 13.0 Å². The Kier molecular flexibility index (Phi) is 2.56. The molecule has 1 unspecified atom stereocenters. The lowest BCUT2D eigenvalue weighted by atomic mass is 10.0. The molecule has 0 aliphatic carbocycles. The molecule has 14 heavy (non-hydrogen) atoms. The van der Waals surface area contributed by atoms with Crippen molar-refractivity contribution in [1.29, 1.82) is 0 Å². The van der Waals surface area contributed by atoms with Gasteiger partial charge in [0.05, 0.1) is 17.9 Å². The van der Waals surface area contributed by atoms with Crippen LogP contribution in [-0.2, 0) is 0 Å². The van der Waals surface area contributed by atoms with Crippen LogP contribution in [0.2, 0.25) is 0 Å². The Balaban J connectivity index is 2.37. The fourth-order valence-corrected chi connectivity index (χ4v) is 1.79. The van der Waals surface area contributed by atoms with Crippen molar-refractivity contribution in [1.82, 2.24) is 8.75 Å². The van der Waals surface area contributed by atoms with Gasteiger partial charge in [-0.25, -0.2) is 0 Å². The molecule has 72 valence electrons. The summed E-state index contributed by atoms with van der Waals surface area (Å²) in [6.07, 6.45) is 0.942. The zero-order valence-electron chi connectivity index (χ0n) is 7.71. The maximum absolute atomic E-state index is 9.97. The highest BCUT2D eigenvalue weighted by Crippen LogP contribution is 2.22. The van der Waals surface area contributed by atoms with Gasteiger partial charge in [0.15, 0.2) is 0 Å². The van der Waals surface area contributed by atoms with Crippen molar-refractivity contribution >= 4 is 11.7 Å². The average molecular weight is 206 g/mol. The van der Waals surface area contributed by atoms with Crippen LogP contribution in [0.3, 0.4) is 0 Å². The van der Waals surface area contributed by atoms with Crippen LogP contribution >= 0.6 is 11.7 Å². The first-order valence-electron chi connectivity index (χ1n) is 4.30. The molecule has 0 aliphatic rings. The Morgan fingerprint density at radius 3 is 2.79 bits per heavy atom. The molecule has 1 aromatic heterocycles. The number of aromatic nitrogens is 2. The second-order valence-electron chi connectivity index (χ2n) is 3.09. The predicted octanol–water partition coefficient (Wildman–Crippen LogP) is 1.93. The van der Waals surface area contributed by atoms with E-state index in [0.717, 1.165) is 22.9 Å². The second kappa shape index (κ2) is 3.86. The summed E-state index contributed by atoms with van der Waals surface area (Å²) in [6, 6.07) is 7.73. The van der Waals surface area contributed by atoms with Crippen molar-refractivity contribution in [2.75, 3.05) is 0 Å². The molecular weight excluding hydrogens is 196 g/mol. The lowest BCUT2D eigenvalue weighted by Gasteiger charge is -2.10. The van der Waals surface area contributed by atoms with E-state index >= 15 is 0 Å². The first-order valence-corrected chi connectivity index (χ1v) is 5.03. The normalized spacial score (nSPS) is 12.7. The van der Waals surface area contributed by atoms with Crippen LogP contribution in [0.5, 0.6) is 0 Å². The third-order valence-corrected chi connectivity index (χ3v) is 2.63. The van der Waals surface area contributed by atoms with E-state index in [1.807, 2.05) is 31.2 Å². The summed E-state index contributed by atoms with van der Waals surface area (Å²) in [5.74, 6) is 0. The molecule has 1 atom stereocenters. The van der Waals surface area contributed by atoms with Crippen LogP contribution in [0, 0.1) is 6.92 Å². The fraction of sp³-hybridized carbons (Fsp3) is 0.200. The maximum atomic E-state index is 9.97. The van der Waals surface area contributed by atoms with E-state index in [4.69, 9.17) is 0 Å². The highest BCUT2D eigenvalue weighted by atomic mass is 32.1. The second-order valence-corrected chi connectivity index (χ2v) is 3.65. The van der Waals surface area contributed by atoms with Gasteiger partial charge in [0.2, 0.25) is 0 Å². The molecule has 0 radical (unpaired) electrons. The number of nitrogens with zero attached hydrogens (tertiary/aromatic N) is 2. The van der Waals surface area contributed by atoms with E-state index in [9.17, 15) is 5.11 Å². The molecule has 0 fully saturated rings. The van der Waals surface area contributed by atoms with Crippen LogP contribution in [0.15, 0.2) is 30.5 Å². The minimum atomic E-state index is -0.657. The van der Waals surface area contributed by atoms with Crippen molar-refractivity contribution in [3.05, 3.63) is 47.3 Å². The summed E-state index contributed by atoms with van der Waals surface area (Å²) >= 11 is 1.11. The Bertz CT molecular complexity index is 414. The van der Waals surface area contributed by atoms with Crippen molar-refractivity contribution < 1.29 is 5.11 Å². The summed E-state index contributed by atoms with van der Waals surface area (Å²) in [7, 11) is 0. The Morgan fingerprint density at radius 2 is 2.14 bits per heavy atom. The number of hydrogen-bond acceptors (Lipinski definition) is 4. The number of aliphatic hydroxyl groups excluding tert-OH is 1. The third kappa shape index (κ3) is 1.66. The predicted molar refractivity (Wildman–Crippen MR) is 55.1 cm³/mol. The first kappa shape index (κ1) is 9.30. The maximum Gasteiger partial charge on any atom is 0.124 e. The summed E-state index contributed by atoms with van der Waals surface area (Å²) < 4.78 is 7.88. The average Bonchev–Trinajstić information content (AvgIpc) is 2.70. The molecule has 0 amide bonds. The van der Waals surface area contributed by atoms with Gasteiger partial charge < -0.3 is 5.11 Å². The lowest BCUT2D eigenvalue weighted by Crippen LogP contribution is -2.01. The van der Waals surface area contributed by atoms with E-state index in [1.165, 1.54) is 0 Å². The van der Waals surface area contributed by atoms with E-state index in [0.29, 0.717) is 5.69 Å². The van der Waals surface area contributed by atoms with Gasteiger partial charge in [-0.3, -0.25) is 0 Å². The molecule has 3 nitrogen and oxygen atoms in total. The standard InChI is InChI=1S/C10H10N2OS/c1-7-4-2-3-5-8(7)10(13)9-6-11-14-12-9/h2-6,10,13H,1H3. The summed E-state index contributed by atoms with van der Waals surface area (Å²) in [5.41, 5.74) is 2.57. The molecule has 0 spiro atoms. The largest absolute Gasteiger partial charge is 0.382 e. The van der Waals surface area contributed by atoms with Gasteiger partial charge in [-0.15, -0.1) is 0 Å². The fourth-order valence-electron chi connectivity index (χ4n) is 1.35. The molecule has 1 heterocycles. The summed E-state index contributed by atoms with van der Waals surface area (Å²) in [4.78, 5) is 0. The Morgan fingerprint density at radius 1 is 1.36 bits per heavy atom. The third-order valence-electron chi connectivity index (χ3n) is 2.14. The van der Waals surface area contributed by atoms with Crippen LogP contribution in [-0.4, -0.2) is 13.9 Å². The monoisotopic (exact) mass is 206 g/mol. The van der Waals surface area contributed by atoms with Gasteiger partial charge in [-0.1, -0.05) is 24.3 Å². The van der Waals surface area contributed by atoms with Gasteiger partial charge in [0, 0.05) is 0 Å². The molecule has 1 N–H and O–H groups in total. The molecule has 0 saturated heterocycles. The topological polar surface area (TPSA) is 46.0 Å². The number of aliphatic hydroxyl groups is 1. The number of hydrogen-bond donors (Lipinski definition) is 1. The smallest absolute Gasteiger partial charge is 0.124 e. The van der Waals surface area contributed by atoms with Crippen LogP contribution < -0.4 is 0 Å². The first-order chi connectivity index (χ1) is 6.79. The SMILES string of the molecule is Cc1ccccc1C(O)c1cnsn1. The quantitative estimate of drug-likeness (QED) is 0.816. The van der Waals surface area contributed by atoms with Crippen LogP contribution in [0.1, 0.15) is 22.9 Å². The van der Waals surface area contributed by atoms with Crippen molar-refractivity contribution in [3.8, 4) is 0 Å². The van der Waals surface area contributed by atoms with Gasteiger partial charge in [-0.05, 0) is 18.1 Å². The van der Waals surface area contributed by atoms with Crippen molar-refractivity contribution in [3.63, 3.8) is 0 Å². The molecule has 0 aliphatic heterocycles. The Hall–Kier alpha value is -1.26. The number of benzene rings is 1. The molecule has 2 rings (SSSR count). The molecular formula is C10H10N2OS. The number of rotatable bonds is 2.